The van der Waals surface area contributed by atoms with E-state index >= 15 is 0 Å². The molecular weight excluding hydrogens is 436 g/mol. The predicted octanol–water partition coefficient (Wildman–Crippen LogP) is 3.32. The molecule has 7 nitrogen and oxygen atoms in total. The van der Waals surface area contributed by atoms with E-state index in [1.54, 1.807) is 0 Å². The molecule has 3 atom stereocenters. The van der Waals surface area contributed by atoms with Crippen LogP contribution in [0.4, 0.5) is 4.79 Å². The molecule has 1 saturated heterocycles. The van der Waals surface area contributed by atoms with E-state index in [4.69, 9.17) is 0 Å². The minimum Gasteiger partial charge on any atom is -0.333 e. The molecule has 6 rings (SSSR count). The van der Waals surface area contributed by atoms with E-state index in [0.29, 0.717) is 13.1 Å². The molecular formula is C28H30N6O. The zero-order valence-electron chi connectivity index (χ0n) is 19.6. The van der Waals surface area contributed by atoms with Crippen LogP contribution >= 0.6 is 0 Å². The average molecular weight is 467 g/mol. The predicted molar refractivity (Wildman–Crippen MR) is 136 cm³/mol. The van der Waals surface area contributed by atoms with Crippen LogP contribution in [0.15, 0.2) is 90.4 Å². The summed E-state index contributed by atoms with van der Waals surface area (Å²) in [6.45, 7) is 2.95. The van der Waals surface area contributed by atoms with Crippen molar-refractivity contribution in [2.24, 2.45) is 0 Å². The summed E-state index contributed by atoms with van der Waals surface area (Å²) in [5.74, 6) is 0.238. The van der Waals surface area contributed by atoms with Gasteiger partial charge in [-0.15, -0.1) is 0 Å². The summed E-state index contributed by atoms with van der Waals surface area (Å²) < 4.78 is 0. The molecule has 3 aromatic rings. The number of carbonyl (C=O) groups excluding carboxylic acids is 1. The van der Waals surface area contributed by atoms with E-state index < -0.39 is 0 Å². The van der Waals surface area contributed by atoms with Crippen LogP contribution < -0.4 is 21.5 Å². The molecule has 3 aliphatic rings. The highest BCUT2D eigenvalue weighted by Crippen LogP contribution is 2.32. The molecule has 0 saturated carbocycles. The number of carbonyl (C=O) groups is 1. The summed E-state index contributed by atoms with van der Waals surface area (Å²) in [4.78, 5) is 19.4. The van der Waals surface area contributed by atoms with Gasteiger partial charge in [0, 0.05) is 56.6 Å². The highest BCUT2D eigenvalue weighted by molar-refractivity contribution is 5.75. The Hall–Kier alpha value is -3.68. The lowest BCUT2D eigenvalue weighted by Gasteiger charge is -2.31. The molecule has 4 N–H and O–H groups in total. The minimum atomic E-state index is 0.00911. The summed E-state index contributed by atoms with van der Waals surface area (Å²) in [5.41, 5.74) is 14.0. The fraction of sp³-hybridized carbons (Fsp3) is 0.286. The van der Waals surface area contributed by atoms with Crippen LogP contribution in [-0.4, -0.2) is 48.1 Å². The number of hydrogen-bond acceptors (Lipinski definition) is 5. The van der Waals surface area contributed by atoms with E-state index in [1.165, 1.54) is 28.0 Å². The molecule has 1 fully saturated rings. The summed E-state index contributed by atoms with van der Waals surface area (Å²) in [5, 5.41) is 6.83. The maximum absolute atomic E-state index is 13.4. The first-order valence-electron chi connectivity index (χ1n) is 12.3. The molecule has 7 heteroatoms. The normalized spacial score (nSPS) is 23.7. The Bertz CT molecular complexity index is 1230. The van der Waals surface area contributed by atoms with Gasteiger partial charge in [0.15, 0.2) is 0 Å². The SMILES string of the molecule is O=C(NC1CNC[C@H]1c1cccc(-c2ccccc2)c1)N1CCC2=C(C1)C(c1ccncc1)NN2. The Kier molecular flexibility index (Phi) is 5.94. The fourth-order valence-electron chi connectivity index (χ4n) is 5.47. The second kappa shape index (κ2) is 9.52. The van der Waals surface area contributed by atoms with Crippen molar-refractivity contribution in [1.29, 1.82) is 0 Å². The summed E-state index contributed by atoms with van der Waals surface area (Å²) in [6.07, 6.45) is 4.44. The maximum atomic E-state index is 13.4. The Morgan fingerprint density at radius 1 is 0.943 bits per heavy atom. The van der Waals surface area contributed by atoms with Crippen molar-refractivity contribution < 1.29 is 4.79 Å². The molecule has 0 spiro atoms. The van der Waals surface area contributed by atoms with Crippen molar-refractivity contribution in [3.63, 3.8) is 0 Å². The van der Waals surface area contributed by atoms with Gasteiger partial charge >= 0.3 is 6.03 Å². The van der Waals surface area contributed by atoms with Crippen molar-refractivity contribution in [3.8, 4) is 11.1 Å². The number of urea groups is 1. The minimum absolute atomic E-state index is 0.00911. The van der Waals surface area contributed by atoms with Crippen molar-refractivity contribution in [1.82, 2.24) is 31.4 Å². The van der Waals surface area contributed by atoms with Crippen LogP contribution in [0.25, 0.3) is 11.1 Å². The van der Waals surface area contributed by atoms with Gasteiger partial charge in [0.25, 0.3) is 0 Å². The second-order valence-electron chi connectivity index (χ2n) is 9.47. The Labute approximate surface area is 205 Å². The third-order valence-corrected chi connectivity index (χ3v) is 7.37. The van der Waals surface area contributed by atoms with Crippen LogP contribution in [0.5, 0.6) is 0 Å². The van der Waals surface area contributed by atoms with Crippen LogP contribution in [0.2, 0.25) is 0 Å². The largest absolute Gasteiger partial charge is 0.333 e. The van der Waals surface area contributed by atoms with E-state index in [0.717, 1.165) is 25.1 Å². The summed E-state index contributed by atoms with van der Waals surface area (Å²) in [7, 11) is 0. The first kappa shape index (κ1) is 21.8. The third kappa shape index (κ3) is 4.40. The van der Waals surface area contributed by atoms with Gasteiger partial charge < -0.3 is 21.0 Å². The van der Waals surface area contributed by atoms with Gasteiger partial charge in [0.05, 0.1) is 12.1 Å². The molecule has 4 heterocycles. The molecule has 35 heavy (non-hydrogen) atoms. The van der Waals surface area contributed by atoms with E-state index in [1.807, 2.05) is 35.5 Å². The molecule has 0 bridgehead atoms. The van der Waals surface area contributed by atoms with Crippen LogP contribution in [-0.2, 0) is 0 Å². The van der Waals surface area contributed by atoms with Gasteiger partial charge in [-0.05, 0) is 40.0 Å². The Morgan fingerprint density at radius 3 is 2.63 bits per heavy atom. The van der Waals surface area contributed by atoms with Crippen molar-refractivity contribution >= 4 is 6.03 Å². The van der Waals surface area contributed by atoms with Gasteiger partial charge in [0.2, 0.25) is 0 Å². The number of benzene rings is 2. The Balaban J connectivity index is 1.15. The van der Waals surface area contributed by atoms with Crippen molar-refractivity contribution in [3.05, 3.63) is 102 Å². The van der Waals surface area contributed by atoms with E-state index in [-0.39, 0.29) is 24.0 Å². The smallest absolute Gasteiger partial charge is 0.317 e. The lowest BCUT2D eigenvalue weighted by Crippen LogP contribution is -2.49. The monoisotopic (exact) mass is 466 g/mol. The van der Waals surface area contributed by atoms with Crippen molar-refractivity contribution in [2.45, 2.75) is 24.4 Å². The Morgan fingerprint density at radius 2 is 1.77 bits per heavy atom. The standard InChI is InChI=1S/C28H30N6O/c35-28(34-14-11-25-24(18-34)27(33-32-25)20-9-12-29-13-10-20)31-26-17-30-16-23(26)22-8-4-7-21(15-22)19-5-2-1-3-6-19/h1-10,12-13,15,23,26-27,30,32-33H,11,14,16-18H2,(H,31,35)/t23-,26?,27?/m0/s1. The molecule has 0 radical (unpaired) electrons. The number of nitrogens with one attached hydrogen (secondary N) is 4. The van der Waals surface area contributed by atoms with Gasteiger partial charge in [-0.3, -0.25) is 4.98 Å². The van der Waals surface area contributed by atoms with E-state index in [2.05, 4.69) is 75.0 Å². The maximum Gasteiger partial charge on any atom is 0.317 e. The highest BCUT2D eigenvalue weighted by Gasteiger charge is 2.35. The first-order chi connectivity index (χ1) is 17.3. The second-order valence-corrected chi connectivity index (χ2v) is 9.47. The molecule has 0 aliphatic carbocycles. The van der Waals surface area contributed by atoms with Crippen LogP contribution in [0.1, 0.15) is 29.5 Å². The third-order valence-electron chi connectivity index (χ3n) is 7.37. The average Bonchev–Trinajstić information content (AvgIpc) is 3.56. The lowest BCUT2D eigenvalue weighted by molar-refractivity contribution is 0.195. The van der Waals surface area contributed by atoms with Crippen LogP contribution in [0, 0.1) is 0 Å². The molecule has 2 amide bonds. The van der Waals surface area contributed by atoms with Crippen LogP contribution in [0.3, 0.4) is 0 Å². The highest BCUT2D eigenvalue weighted by atomic mass is 16.2. The number of pyridine rings is 1. The van der Waals surface area contributed by atoms with Gasteiger partial charge in [-0.25, -0.2) is 10.2 Å². The number of hydrazine groups is 1. The molecule has 1 aromatic heterocycles. The zero-order chi connectivity index (χ0) is 23.6. The number of hydrogen-bond donors (Lipinski definition) is 4. The topological polar surface area (TPSA) is 81.3 Å². The number of nitrogens with zero attached hydrogens (tertiary/aromatic N) is 2. The fourth-order valence-corrected chi connectivity index (χ4v) is 5.47. The van der Waals surface area contributed by atoms with E-state index in [9.17, 15) is 4.79 Å². The summed E-state index contributed by atoms with van der Waals surface area (Å²) >= 11 is 0. The van der Waals surface area contributed by atoms with Crippen molar-refractivity contribution in [2.75, 3.05) is 26.2 Å². The van der Waals surface area contributed by atoms with Gasteiger partial charge in [0.1, 0.15) is 0 Å². The molecule has 3 aliphatic heterocycles. The van der Waals surface area contributed by atoms with Gasteiger partial charge in [-0.1, -0.05) is 54.6 Å². The lowest BCUT2D eigenvalue weighted by atomic mass is 9.91. The summed E-state index contributed by atoms with van der Waals surface area (Å²) in [6, 6.07) is 23.3. The van der Waals surface area contributed by atoms with Gasteiger partial charge in [-0.2, -0.15) is 0 Å². The molecule has 178 valence electrons. The molecule has 2 aromatic carbocycles. The first-order valence-corrected chi connectivity index (χ1v) is 12.3. The quantitative estimate of drug-likeness (QED) is 0.474. The number of rotatable bonds is 4. The number of aromatic nitrogens is 1. The zero-order valence-corrected chi connectivity index (χ0v) is 19.6. The number of amides is 2. The molecule has 2 unspecified atom stereocenters.